The first-order valence-corrected chi connectivity index (χ1v) is 8.36. The molecule has 0 radical (unpaired) electrons. The van der Waals surface area contributed by atoms with E-state index in [0.29, 0.717) is 12.1 Å². The molecule has 0 aromatic heterocycles. The van der Waals surface area contributed by atoms with Gasteiger partial charge in [0.15, 0.2) is 0 Å². The number of nitrogens with one attached hydrogen (secondary N) is 2. The molecule has 6 heteroatoms. The number of fused-ring (bicyclic) bond motifs is 1. The molecule has 22 heavy (non-hydrogen) atoms. The molecular formula is C16H15N3O2S. The number of sulfonamides is 1. The van der Waals surface area contributed by atoms with Gasteiger partial charge >= 0.3 is 0 Å². The number of nitrogens with zero attached hydrogens (tertiary/aromatic N) is 1. The highest BCUT2D eigenvalue weighted by Crippen LogP contribution is 2.21. The summed E-state index contributed by atoms with van der Waals surface area (Å²) in [5.74, 6) is 2.20. The van der Waals surface area contributed by atoms with Crippen LogP contribution < -0.4 is 5.32 Å². The quantitative estimate of drug-likeness (QED) is 0.816. The van der Waals surface area contributed by atoms with Crippen molar-refractivity contribution in [3.63, 3.8) is 0 Å². The van der Waals surface area contributed by atoms with Gasteiger partial charge in [0.1, 0.15) is 0 Å². The highest BCUT2D eigenvalue weighted by atomic mass is 32.2. The third-order valence-corrected chi connectivity index (χ3v) is 4.91. The smallest absolute Gasteiger partial charge is 0.282 e. The summed E-state index contributed by atoms with van der Waals surface area (Å²) in [6, 6.07) is 5.13. The van der Waals surface area contributed by atoms with Crippen molar-refractivity contribution in [2.24, 2.45) is 4.40 Å². The molecule has 112 valence electrons. The summed E-state index contributed by atoms with van der Waals surface area (Å²) in [6.07, 6.45) is 7.48. The summed E-state index contributed by atoms with van der Waals surface area (Å²) in [5, 5.41) is 10.4. The number of rotatable bonds is 2. The van der Waals surface area contributed by atoms with E-state index in [1.165, 1.54) is 5.56 Å². The SMILES string of the molecule is N=C=C1C=CC=C/C1=N/S(=O)(=O)c1ccc2c(c1)CNCC2. The summed E-state index contributed by atoms with van der Waals surface area (Å²) < 4.78 is 28.8. The second-order valence-electron chi connectivity index (χ2n) is 5.07. The molecule has 2 N–H and O–H groups in total. The van der Waals surface area contributed by atoms with Crippen LogP contribution in [0.5, 0.6) is 0 Å². The lowest BCUT2D eigenvalue weighted by Gasteiger charge is -2.17. The molecular weight excluding hydrogens is 298 g/mol. The van der Waals surface area contributed by atoms with Crippen molar-refractivity contribution in [3.05, 3.63) is 59.2 Å². The van der Waals surface area contributed by atoms with Gasteiger partial charge in [0.05, 0.1) is 16.2 Å². The summed E-state index contributed by atoms with van der Waals surface area (Å²) >= 11 is 0. The molecule has 0 atom stereocenters. The summed E-state index contributed by atoms with van der Waals surface area (Å²) in [6.45, 7) is 1.58. The highest BCUT2D eigenvalue weighted by Gasteiger charge is 2.18. The van der Waals surface area contributed by atoms with Gasteiger partial charge in [-0.05, 0) is 54.2 Å². The maximum absolute atomic E-state index is 12.5. The molecule has 0 spiro atoms. The summed E-state index contributed by atoms with van der Waals surface area (Å²) in [5.41, 5.74) is 2.75. The Morgan fingerprint density at radius 2 is 2.00 bits per heavy atom. The van der Waals surface area contributed by atoms with Gasteiger partial charge in [-0.1, -0.05) is 18.2 Å². The topological polar surface area (TPSA) is 82.4 Å². The first-order chi connectivity index (χ1) is 10.6. The Hall–Kier alpha value is -2.27. The number of hydrogen-bond acceptors (Lipinski definition) is 4. The maximum Gasteiger partial charge on any atom is 0.282 e. The molecule has 1 heterocycles. The molecule has 0 amide bonds. The fourth-order valence-corrected chi connectivity index (χ4v) is 3.51. The van der Waals surface area contributed by atoms with Crippen LogP contribution in [0.1, 0.15) is 11.1 Å². The predicted molar refractivity (Wildman–Crippen MR) is 86.0 cm³/mol. The van der Waals surface area contributed by atoms with Crippen molar-refractivity contribution in [1.82, 2.24) is 5.32 Å². The Balaban J connectivity index is 2.02. The molecule has 5 nitrogen and oxygen atoms in total. The Morgan fingerprint density at radius 3 is 2.82 bits per heavy atom. The standard InChI is InChI=1S/C16H15N3O2S/c17-10-13-3-1-2-4-16(13)19-22(20,21)15-6-5-12-7-8-18-11-14(12)9-15/h1-6,9,17-18H,7-8,11H2/b19-16-. The highest BCUT2D eigenvalue weighted by molar-refractivity contribution is 7.90. The number of allylic oxidation sites excluding steroid dienone is 5. The van der Waals surface area contributed by atoms with Crippen LogP contribution in [0.25, 0.3) is 0 Å². The normalized spacial score (nSPS) is 19.1. The van der Waals surface area contributed by atoms with E-state index in [4.69, 9.17) is 5.41 Å². The molecule has 2 aliphatic rings. The monoisotopic (exact) mass is 313 g/mol. The molecule has 0 saturated heterocycles. The molecule has 3 rings (SSSR count). The van der Waals surface area contributed by atoms with Crippen LogP contribution in [-0.2, 0) is 23.0 Å². The van der Waals surface area contributed by atoms with Gasteiger partial charge in [0.25, 0.3) is 10.0 Å². The zero-order valence-electron chi connectivity index (χ0n) is 11.8. The largest absolute Gasteiger partial charge is 0.312 e. The fourth-order valence-electron chi connectivity index (χ4n) is 2.46. The molecule has 0 unspecified atom stereocenters. The van der Waals surface area contributed by atoms with E-state index in [1.807, 2.05) is 6.07 Å². The average Bonchev–Trinajstić information content (AvgIpc) is 2.54. The zero-order chi connectivity index (χ0) is 15.6. The van der Waals surface area contributed by atoms with Gasteiger partial charge < -0.3 is 5.32 Å². The number of hydrogen-bond donors (Lipinski definition) is 2. The minimum Gasteiger partial charge on any atom is -0.312 e. The van der Waals surface area contributed by atoms with Crippen molar-refractivity contribution in [2.45, 2.75) is 17.9 Å². The Labute approximate surface area is 129 Å². The van der Waals surface area contributed by atoms with Crippen molar-refractivity contribution < 1.29 is 8.42 Å². The van der Waals surface area contributed by atoms with Crippen LogP contribution in [0, 0.1) is 5.41 Å². The van der Waals surface area contributed by atoms with Crippen LogP contribution in [0.4, 0.5) is 0 Å². The van der Waals surface area contributed by atoms with Gasteiger partial charge in [0.2, 0.25) is 0 Å². The van der Waals surface area contributed by atoms with Crippen molar-refractivity contribution >= 4 is 21.6 Å². The molecule has 0 bridgehead atoms. The predicted octanol–water partition coefficient (Wildman–Crippen LogP) is 1.76. The van der Waals surface area contributed by atoms with E-state index >= 15 is 0 Å². The van der Waals surface area contributed by atoms with Crippen LogP contribution >= 0.6 is 0 Å². The first kappa shape index (κ1) is 14.7. The third-order valence-electron chi connectivity index (χ3n) is 3.62. The van der Waals surface area contributed by atoms with E-state index in [-0.39, 0.29) is 10.6 Å². The fraction of sp³-hybridized carbons (Fsp3) is 0.188. The van der Waals surface area contributed by atoms with Gasteiger partial charge in [0, 0.05) is 6.54 Å². The van der Waals surface area contributed by atoms with Crippen molar-refractivity contribution in [1.29, 1.82) is 5.41 Å². The van der Waals surface area contributed by atoms with E-state index in [1.54, 1.807) is 36.4 Å². The van der Waals surface area contributed by atoms with Crippen LogP contribution in [0.3, 0.4) is 0 Å². The van der Waals surface area contributed by atoms with Gasteiger partial charge in [-0.2, -0.15) is 12.8 Å². The number of benzene rings is 1. The maximum atomic E-state index is 12.5. The lowest BCUT2D eigenvalue weighted by molar-refractivity contribution is 0.596. The van der Waals surface area contributed by atoms with Crippen LogP contribution in [0.2, 0.25) is 0 Å². The Bertz CT molecular complexity index is 857. The van der Waals surface area contributed by atoms with E-state index in [2.05, 4.69) is 15.6 Å². The lowest BCUT2D eigenvalue weighted by atomic mass is 10.0. The van der Waals surface area contributed by atoms with Gasteiger partial charge in [-0.25, -0.2) is 0 Å². The molecule has 0 fully saturated rings. The van der Waals surface area contributed by atoms with E-state index in [0.717, 1.165) is 18.5 Å². The molecule has 1 aromatic rings. The lowest BCUT2D eigenvalue weighted by Crippen LogP contribution is -2.23. The van der Waals surface area contributed by atoms with Crippen LogP contribution in [-0.4, -0.2) is 26.5 Å². The van der Waals surface area contributed by atoms with Crippen LogP contribution in [0.15, 0.2) is 57.4 Å². The Morgan fingerprint density at radius 1 is 1.18 bits per heavy atom. The molecule has 1 aliphatic carbocycles. The average molecular weight is 313 g/mol. The molecule has 0 saturated carbocycles. The van der Waals surface area contributed by atoms with Crippen molar-refractivity contribution in [2.75, 3.05) is 6.54 Å². The third kappa shape index (κ3) is 2.85. The zero-order valence-corrected chi connectivity index (χ0v) is 12.7. The van der Waals surface area contributed by atoms with Crippen molar-refractivity contribution in [3.8, 4) is 0 Å². The first-order valence-electron chi connectivity index (χ1n) is 6.92. The molecule has 1 aromatic carbocycles. The summed E-state index contributed by atoms with van der Waals surface area (Å²) in [4.78, 5) is 0.176. The summed E-state index contributed by atoms with van der Waals surface area (Å²) in [7, 11) is -3.81. The second kappa shape index (κ2) is 5.85. The van der Waals surface area contributed by atoms with Gasteiger partial charge in [-0.3, -0.25) is 5.41 Å². The minimum atomic E-state index is -3.81. The van der Waals surface area contributed by atoms with E-state index < -0.39 is 10.0 Å². The Kier molecular flexibility index (Phi) is 3.90. The minimum absolute atomic E-state index is 0.176. The van der Waals surface area contributed by atoms with Gasteiger partial charge in [-0.15, -0.1) is 0 Å². The molecule has 1 aliphatic heterocycles. The van der Waals surface area contributed by atoms with E-state index in [9.17, 15) is 8.42 Å². The second-order valence-corrected chi connectivity index (χ2v) is 6.67.